The van der Waals surface area contributed by atoms with Crippen molar-refractivity contribution >= 4 is 24.9 Å². The van der Waals surface area contributed by atoms with Crippen molar-refractivity contribution in [2.75, 3.05) is 26.2 Å². The van der Waals surface area contributed by atoms with Crippen LogP contribution in [0.4, 0.5) is 0 Å². The molecule has 4 N–H and O–H groups in total. The van der Waals surface area contributed by atoms with Crippen molar-refractivity contribution in [1.29, 1.82) is 0 Å². The van der Waals surface area contributed by atoms with Crippen LogP contribution in [0.15, 0.2) is 44.2 Å². The highest BCUT2D eigenvalue weighted by Crippen LogP contribution is 2.23. The molecule has 0 radical (unpaired) electrons. The smallest absolute Gasteiger partial charge is 0.133 e. The minimum atomic E-state index is -0.553. The molecule has 0 aromatic heterocycles. The van der Waals surface area contributed by atoms with Gasteiger partial charge in [-0.15, -0.1) is 0 Å². The zero-order chi connectivity index (χ0) is 25.9. The number of hydrogen-bond acceptors (Lipinski definition) is 8. The van der Waals surface area contributed by atoms with Gasteiger partial charge in [0, 0.05) is 73.3 Å². The predicted octanol–water partition coefficient (Wildman–Crippen LogP) is 3.39. The van der Waals surface area contributed by atoms with Crippen LogP contribution >= 0.6 is 0 Å². The van der Waals surface area contributed by atoms with Gasteiger partial charge in [0.1, 0.15) is 11.5 Å². The zero-order valence-corrected chi connectivity index (χ0v) is 21.0. The predicted molar refractivity (Wildman–Crippen MR) is 146 cm³/mol. The van der Waals surface area contributed by atoms with E-state index in [2.05, 4.69) is 20.0 Å². The minimum Gasteiger partial charge on any atom is -0.507 e. The lowest BCUT2D eigenvalue weighted by Crippen LogP contribution is -2.10. The molecule has 0 saturated heterocycles. The number of aliphatic imine (C=N–C) groups is 4. The van der Waals surface area contributed by atoms with E-state index in [9.17, 15) is 20.4 Å². The summed E-state index contributed by atoms with van der Waals surface area (Å²) in [6.07, 6.45) is 7.27. The summed E-state index contributed by atoms with van der Waals surface area (Å²) in [7, 11) is 0. The number of rotatable bonds is 0. The third-order valence-electron chi connectivity index (χ3n) is 5.91. The Morgan fingerprint density at radius 2 is 0.778 bits per heavy atom. The number of aryl methyl sites for hydroxylation is 2. The standard InChI is InChI=1S/C28H36N4O4/c1-19-11-21-15-29-7-3-25(33)5-9-31-17-23-13-20(2)14-24(28(23)36)18-32-10-6-26(34)4-8-30-16-22(12-19)27(21)35/h11-18,25-26,33-36H,3-10H2,1-2H3/b29-15+,30-16+,31-17+,32-18+. The van der Waals surface area contributed by atoms with Gasteiger partial charge in [-0.05, 0) is 74.9 Å². The third-order valence-corrected chi connectivity index (χ3v) is 5.91. The molecule has 0 saturated carbocycles. The quantitative estimate of drug-likeness (QED) is 0.449. The van der Waals surface area contributed by atoms with Gasteiger partial charge in [0.05, 0.1) is 12.2 Å². The van der Waals surface area contributed by atoms with Gasteiger partial charge in [0.15, 0.2) is 0 Å². The molecule has 1 heterocycles. The molecule has 36 heavy (non-hydrogen) atoms. The molecular formula is C28H36N4O4. The van der Waals surface area contributed by atoms with Crippen LogP contribution < -0.4 is 0 Å². The van der Waals surface area contributed by atoms with Crippen LogP contribution in [0.2, 0.25) is 0 Å². The van der Waals surface area contributed by atoms with E-state index in [1.54, 1.807) is 24.9 Å². The average molecular weight is 493 g/mol. The van der Waals surface area contributed by atoms with Crippen molar-refractivity contribution in [1.82, 2.24) is 0 Å². The largest absolute Gasteiger partial charge is 0.507 e. The van der Waals surface area contributed by atoms with E-state index in [1.165, 1.54) is 0 Å². The van der Waals surface area contributed by atoms with E-state index in [0.29, 0.717) is 74.1 Å². The molecule has 1 aliphatic rings. The highest BCUT2D eigenvalue weighted by molar-refractivity contribution is 5.93. The van der Waals surface area contributed by atoms with E-state index < -0.39 is 12.2 Å². The Morgan fingerprint density at radius 3 is 1.03 bits per heavy atom. The molecule has 0 spiro atoms. The molecular weight excluding hydrogens is 456 g/mol. The van der Waals surface area contributed by atoms with Crippen LogP contribution in [0, 0.1) is 13.8 Å². The van der Waals surface area contributed by atoms with Crippen molar-refractivity contribution in [2.24, 2.45) is 20.0 Å². The van der Waals surface area contributed by atoms with Crippen LogP contribution in [0.3, 0.4) is 0 Å². The van der Waals surface area contributed by atoms with Gasteiger partial charge in [0.25, 0.3) is 0 Å². The Morgan fingerprint density at radius 1 is 0.528 bits per heavy atom. The Labute approximate surface area is 212 Å². The maximum absolute atomic E-state index is 10.6. The summed E-state index contributed by atoms with van der Waals surface area (Å²) in [5.41, 5.74) is 4.33. The Kier molecular flexibility index (Phi) is 10.3. The fourth-order valence-electron chi connectivity index (χ4n) is 3.90. The van der Waals surface area contributed by atoms with Crippen molar-refractivity contribution in [3.05, 3.63) is 57.6 Å². The molecule has 8 nitrogen and oxygen atoms in total. The van der Waals surface area contributed by atoms with Gasteiger partial charge in [-0.25, -0.2) is 0 Å². The van der Waals surface area contributed by atoms with E-state index in [4.69, 9.17) is 0 Å². The lowest BCUT2D eigenvalue weighted by molar-refractivity contribution is 0.160. The van der Waals surface area contributed by atoms with Gasteiger partial charge >= 0.3 is 0 Å². The van der Waals surface area contributed by atoms with Gasteiger partial charge < -0.3 is 20.4 Å². The summed E-state index contributed by atoms with van der Waals surface area (Å²) in [6, 6.07) is 7.40. The Bertz CT molecular complexity index is 973. The van der Waals surface area contributed by atoms with Crippen LogP contribution in [-0.2, 0) is 0 Å². The van der Waals surface area contributed by atoms with Gasteiger partial charge in [0.2, 0.25) is 0 Å². The average Bonchev–Trinajstić information content (AvgIpc) is 2.84. The number of aliphatic hydroxyl groups is 2. The molecule has 3 rings (SSSR count). The van der Waals surface area contributed by atoms with Gasteiger partial charge in [-0.2, -0.15) is 0 Å². The van der Waals surface area contributed by atoms with Gasteiger partial charge in [-0.1, -0.05) is 0 Å². The molecule has 8 heteroatoms. The molecule has 0 aliphatic carbocycles. The number of fused-ring (bicyclic) bond motifs is 4. The summed E-state index contributed by atoms with van der Waals surface area (Å²) in [4.78, 5) is 17.5. The van der Waals surface area contributed by atoms with Crippen LogP contribution in [0.25, 0.3) is 0 Å². The number of nitrogens with zero attached hydrogens (tertiary/aromatic N) is 4. The number of benzene rings is 2. The Hall–Kier alpha value is -3.36. The van der Waals surface area contributed by atoms with Crippen LogP contribution in [0.1, 0.15) is 59.1 Å². The summed E-state index contributed by atoms with van der Waals surface area (Å²) in [5.74, 6) is 0.211. The highest BCUT2D eigenvalue weighted by Gasteiger charge is 2.09. The molecule has 1 aliphatic heterocycles. The number of phenols is 2. The van der Waals surface area contributed by atoms with E-state index >= 15 is 0 Å². The van der Waals surface area contributed by atoms with Crippen LogP contribution in [0.5, 0.6) is 11.5 Å². The zero-order valence-electron chi connectivity index (χ0n) is 21.0. The highest BCUT2D eigenvalue weighted by atomic mass is 16.3. The van der Waals surface area contributed by atoms with E-state index in [1.807, 2.05) is 38.1 Å². The van der Waals surface area contributed by atoms with Crippen molar-refractivity contribution in [3.63, 3.8) is 0 Å². The lowest BCUT2D eigenvalue weighted by Gasteiger charge is -2.09. The maximum Gasteiger partial charge on any atom is 0.133 e. The molecule has 0 atom stereocenters. The first-order valence-corrected chi connectivity index (χ1v) is 12.4. The first-order chi connectivity index (χ1) is 17.3. The maximum atomic E-state index is 10.6. The Balaban J connectivity index is 1.77. The number of phenolic OH excluding ortho intramolecular Hbond substituents is 2. The fourth-order valence-corrected chi connectivity index (χ4v) is 3.90. The fraction of sp³-hybridized carbons (Fsp3) is 0.429. The normalized spacial score (nSPS) is 23.8. The van der Waals surface area contributed by atoms with Gasteiger partial charge in [-0.3, -0.25) is 20.0 Å². The molecule has 2 aromatic carbocycles. The number of aliphatic hydroxyl groups excluding tert-OH is 2. The molecule has 4 bridgehead atoms. The molecule has 2 aromatic rings. The monoisotopic (exact) mass is 492 g/mol. The van der Waals surface area contributed by atoms with E-state index in [-0.39, 0.29) is 11.5 Å². The minimum absolute atomic E-state index is 0.106. The second-order valence-corrected chi connectivity index (χ2v) is 9.19. The van der Waals surface area contributed by atoms with Crippen LogP contribution in [-0.4, -0.2) is 83.7 Å². The van der Waals surface area contributed by atoms with Crippen molar-refractivity contribution in [2.45, 2.75) is 51.7 Å². The molecule has 0 fully saturated rings. The molecule has 192 valence electrons. The third kappa shape index (κ3) is 8.39. The second-order valence-electron chi connectivity index (χ2n) is 9.19. The van der Waals surface area contributed by atoms with E-state index in [0.717, 1.165) is 11.1 Å². The second kappa shape index (κ2) is 13.7. The first-order valence-electron chi connectivity index (χ1n) is 12.4. The SMILES string of the molecule is Cc1cc2c(O)c(c1)/C=N/CCC(O)CC/N=C/c1cc(C)cc(c1O)/C=N/CCC(O)CC/N=C/2. The summed E-state index contributed by atoms with van der Waals surface area (Å²) in [6.45, 7) is 5.55. The molecule has 0 unspecified atom stereocenters. The van der Waals surface area contributed by atoms with Crippen molar-refractivity contribution < 1.29 is 20.4 Å². The number of aromatic hydroxyl groups is 2. The molecule has 0 amide bonds. The number of hydrogen-bond donors (Lipinski definition) is 4. The summed E-state index contributed by atoms with van der Waals surface area (Å²) >= 11 is 0. The summed E-state index contributed by atoms with van der Waals surface area (Å²) < 4.78 is 0. The summed E-state index contributed by atoms with van der Waals surface area (Å²) in [5, 5.41) is 41.8. The first kappa shape index (κ1) is 27.2. The topological polar surface area (TPSA) is 130 Å². The van der Waals surface area contributed by atoms with Crippen molar-refractivity contribution in [3.8, 4) is 11.5 Å². The lowest BCUT2D eigenvalue weighted by atomic mass is 10.1.